The van der Waals surface area contributed by atoms with E-state index in [1.807, 2.05) is 69.3 Å². The van der Waals surface area contributed by atoms with Gasteiger partial charge in [0.2, 0.25) is 11.8 Å². The predicted octanol–water partition coefficient (Wildman–Crippen LogP) is 4.64. The van der Waals surface area contributed by atoms with Crippen molar-refractivity contribution in [2.24, 2.45) is 0 Å². The molecule has 5 heteroatoms. The van der Waals surface area contributed by atoms with E-state index in [0.717, 1.165) is 17.7 Å². The number of benzene rings is 2. The van der Waals surface area contributed by atoms with Gasteiger partial charge in [-0.15, -0.1) is 11.8 Å². The second-order valence-corrected chi connectivity index (χ2v) is 8.21. The molecule has 2 rings (SSSR count). The minimum Gasteiger partial charge on any atom is -0.352 e. The molecule has 2 aromatic carbocycles. The van der Waals surface area contributed by atoms with Crippen molar-refractivity contribution in [2.75, 3.05) is 5.75 Å². The van der Waals surface area contributed by atoms with E-state index in [1.54, 1.807) is 16.7 Å². The summed E-state index contributed by atoms with van der Waals surface area (Å²) in [5.74, 6) is 1.07. The van der Waals surface area contributed by atoms with E-state index in [4.69, 9.17) is 0 Å². The molecule has 4 nitrogen and oxygen atoms in total. The molecule has 2 atom stereocenters. The minimum absolute atomic E-state index is 0.000866. The zero-order chi connectivity index (χ0) is 21.1. The number of rotatable bonds is 11. The Morgan fingerprint density at radius 1 is 0.931 bits per heavy atom. The molecule has 29 heavy (non-hydrogen) atoms. The summed E-state index contributed by atoms with van der Waals surface area (Å²) in [4.78, 5) is 27.7. The van der Waals surface area contributed by atoms with Crippen molar-refractivity contribution in [2.45, 2.75) is 58.0 Å². The van der Waals surface area contributed by atoms with E-state index < -0.39 is 6.04 Å². The second-order valence-electron chi connectivity index (χ2n) is 7.23. The van der Waals surface area contributed by atoms with Gasteiger partial charge in [0, 0.05) is 18.3 Å². The fourth-order valence-corrected chi connectivity index (χ4v) is 3.92. The lowest BCUT2D eigenvalue weighted by atomic mass is 10.1. The summed E-state index contributed by atoms with van der Waals surface area (Å²) in [6, 6.07) is 19.6. The van der Waals surface area contributed by atoms with E-state index in [1.165, 1.54) is 5.56 Å². The lowest BCUT2D eigenvalue weighted by Crippen LogP contribution is -2.51. The predicted molar refractivity (Wildman–Crippen MR) is 122 cm³/mol. The highest BCUT2D eigenvalue weighted by Crippen LogP contribution is 2.17. The maximum atomic E-state index is 13.1. The molecule has 2 aromatic rings. The smallest absolute Gasteiger partial charge is 0.243 e. The Kier molecular flexibility index (Phi) is 9.78. The Labute approximate surface area is 179 Å². The van der Waals surface area contributed by atoms with E-state index in [-0.39, 0.29) is 17.9 Å². The van der Waals surface area contributed by atoms with Crippen LogP contribution < -0.4 is 5.32 Å². The van der Waals surface area contributed by atoms with Crippen LogP contribution in [0, 0.1) is 0 Å². The Morgan fingerprint density at radius 2 is 1.52 bits per heavy atom. The number of hydrogen-bond acceptors (Lipinski definition) is 3. The number of thioether (sulfide) groups is 1. The Morgan fingerprint density at radius 3 is 2.07 bits per heavy atom. The molecule has 2 amide bonds. The van der Waals surface area contributed by atoms with Crippen LogP contribution in [-0.4, -0.2) is 34.6 Å². The molecule has 0 bridgehead atoms. The average Bonchev–Trinajstić information content (AvgIpc) is 2.74. The molecule has 0 aromatic heterocycles. The number of carbonyl (C=O) groups is 2. The van der Waals surface area contributed by atoms with Gasteiger partial charge >= 0.3 is 0 Å². The molecule has 0 saturated heterocycles. The Hall–Kier alpha value is -2.27. The molecule has 0 spiro atoms. The zero-order valence-electron chi connectivity index (χ0n) is 17.6. The molecular weight excluding hydrogens is 380 g/mol. The number of hydrogen-bond donors (Lipinski definition) is 1. The molecule has 0 aliphatic rings. The maximum Gasteiger partial charge on any atom is 0.243 e. The van der Waals surface area contributed by atoms with Crippen molar-refractivity contribution in [1.29, 1.82) is 0 Å². The van der Waals surface area contributed by atoms with E-state index >= 15 is 0 Å². The van der Waals surface area contributed by atoms with Gasteiger partial charge < -0.3 is 10.2 Å². The first-order valence-corrected chi connectivity index (χ1v) is 11.5. The maximum absolute atomic E-state index is 13.1. The van der Waals surface area contributed by atoms with Crippen LogP contribution in [0.5, 0.6) is 0 Å². The first kappa shape index (κ1) is 23.0. The third-order valence-electron chi connectivity index (χ3n) is 4.92. The van der Waals surface area contributed by atoms with E-state index in [9.17, 15) is 9.59 Å². The highest BCUT2D eigenvalue weighted by Gasteiger charge is 2.29. The standard InChI is InChI=1S/C24H32N2O2S/c1-4-19(3)25-24(28)22(5-2)26(16-20-12-8-6-9-13-20)23(27)18-29-17-21-14-10-7-11-15-21/h6-15,19,22H,4-5,16-18H2,1-3H3,(H,25,28)/t19-,22+/m0/s1. The summed E-state index contributed by atoms with van der Waals surface area (Å²) in [6.45, 7) is 6.43. The number of nitrogens with zero attached hydrogens (tertiary/aromatic N) is 1. The van der Waals surface area contributed by atoms with Crippen LogP contribution in [0.4, 0.5) is 0 Å². The van der Waals surface area contributed by atoms with Crippen LogP contribution in [0.2, 0.25) is 0 Å². The summed E-state index contributed by atoms with van der Waals surface area (Å²) in [7, 11) is 0. The zero-order valence-corrected chi connectivity index (χ0v) is 18.5. The Bertz CT molecular complexity index is 752. The van der Waals surface area contributed by atoms with Gasteiger partial charge in [-0.3, -0.25) is 9.59 Å². The average molecular weight is 413 g/mol. The highest BCUT2D eigenvalue weighted by atomic mass is 32.2. The number of amides is 2. The largest absolute Gasteiger partial charge is 0.352 e. The van der Waals surface area contributed by atoms with Gasteiger partial charge in [-0.2, -0.15) is 0 Å². The summed E-state index contributed by atoms with van der Waals surface area (Å²) in [6.07, 6.45) is 1.45. The molecule has 0 radical (unpaired) electrons. The van der Waals surface area contributed by atoms with Crippen LogP contribution in [-0.2, 0) is 21.9 Å². The van der Waals surface area contributed by atoms with E-state index in [0.29, 0.717) is 18.7 Å². The second kappa shape index (κ2) is 12.3. The van der Waals surface area contributed by atoms with Crippen LogP contribution in [0.1, 0.15) is 44.7 Å². The Balaban J connectivity index is 2.09. The van der Waals surface area contributed by atoms with Gasteiger partial charge in [-0.05, 0) is 30.9 Å². The molecule has 1 N–H and O–H groups in total. The van der Waals surface area contributed by atoms with Crippen LogP contribution in [0.15, 0.2) is 60.7 Å². The summed E-state index contributed by atoms with van der Waals surface area (Å²) in [5, 5.41) is 3.04. The molecule has 0 saturated carbocycles. The first-order chi connectivity index (χ1) is 14.0. The third kappa shape index (κ3) is 7.58. The van der Waals surface area contributed by atoms with E-state index in [2.05, 4.69) is 17.4 Å². The van der Waals surface area contributed by atoms with Crippen molar-refractivity contribution >= 4 is 23.6 Å². The first-order valence-electron chi connectivity index (χ1n) is 10.3. The number of carbonyl (C=O) groups excluding carboxylic acids is 2. The van der Waals surface area contributed by atoms with Crippen molar-refractivity contribution < 1.29 is 9.59 Å². The minimum atomic E-state index is -0.464. The van der Waals surface area contributed by atoms with Crippen molar-refractivity contribution in [3.63, 3.8) is 0 Å². The highest BCUT2D eigenvalue weighted by molar-refractivity contribution is 7.99. The molecule has 0 aliphatic carbocycles. The molecule has 156 valence electrons. The van der Waals surface area contributed by atoms with Crippen LogP contribution in [0.25, 0.3) is 0 Å². The van der Waals surface area contributed by atoms with Crippen LogP contribution in [0.3, 0.4) is 0 Å². The third-order valence-corrected chi connectivity index (χ3v) is 5.91. The van der Waals surface area contributed by atoms with Crippen molar-refractivity contribution in [3.8, 4) is 0 Å². The van der Waals surface area contributed by atoms with Crippen LogP contribution >= 0.6 is 11.8 Å². The molecule has 0 unspecified atom stereocenters. The lowest BCUT2D eigenvalue weighted by Gasteiger charge is -2.31. The van der Waals surface area contributed by atoms with Gasteiger partial charge in [0.15, 0.2) is 0 Å². The van der Waals surface area contributed by atoms with Gasteiger partial charge in [0.1, 0.15) is 6.04 Å². The van der Waals surface area contributed by atoms with Gasteiger partial charge in [0.05, 0.1) is 5.75 Å². The molecule has 0 fully saturated rings. The normalized spacial score (nSPS) is 12.8. The summed E-state index contributed by atoms with van der Waals surface area (Å²) < 4.78 is 0. The molecule has 0 aliphatic heterocycles. The summed E-state index contributed by atoms with van der Waals surface area (Å²) >= 11 is 1.59. The van der Waals surface area contributed by atoms with Gasteiger partial charge in [0.25, 0.3) is 0 Å². The van der Waals surface area contributed by atoms with Crippen molar-refractivity contribution in [1.82, 2.24) is 10.2 Å². The lowest BCUT2D eigenvalue weighted by molar-refractivity contribution is -0.139. The van der Waals surface area contributed by atoms with Crippen molar-refractivity contribution in [3.05, 3.63) is 71.8 Å². The van der Waals surface area contributed by atoms with Gasteiger partial charge in [-0.25, -0.2) is 0 Å². The SMILES string of the molecule is CC[C@H](C(=O)N[C@@H](C)CC)N(Cc1ccccc1)C(=O)CSCc1ccccc1. The monoisotopic (exact) mass is 412 g/mol. The molecule has 0 heterocycles. The number of nitrogens with one attached hydrogen (secondary N) is 1. The molecular formula is C24H32N2O2S. The fourth-order valence-electron chi connectivity index (χ4n) is 3.05. The quantitative estimate of drug-likeness (QED) is 0.585. The summed E-state index contributed by atoms with van der Waals surface area (Å²) in [5.41, 5.74) is 2.23. The topological polar surface area (TPSA) is 49.4 Å². The fraction of sp³-hybridized carbons (Fsp3) is 0.417. The van der Waals surface area contributed by atoms with Gasteiger partial charge in [-0.1, -0.05) is 74.5 Å².